The normalized spacial score (nSPS) is 50.0. The van der Waals surface area contributed by atoms with E-state index < -0.39 is 0 Å². The molecule has 0 saturated heterocycles. The highest BCUT2D eigenvalue weighted by Crippen LogP contribution is 2.63. The molecule has 0 aromatic rings. The van der Waals surface area contributed by atoms with Crippen molar-refractivity contribution in [3.63, 3.8) is 0 Å². The zero-order chi connectivity index (χ0) is 17.1. The second kappa shape index (κ2) is 5.34. The Morgan fingerprint density at radius 1 is 1.17 bits per heavy atom. The van der Waals surface area contributed by atoms with E-state index in [2.05, 4.69) is 25.2 Å². The molecule has 0 aromatic carbocycles. The van der Waals surface area contributed by atoms with E-state index in [-0.39, 0.29) is 16.7 Å². The van der Waals surface area contributed by atoms with Crippen LogP contribution >= 0.6 is 0 Å². The van der Waals surface area contributed by atoms with Crippen LogP contribution in [-0.4, -0.2) is 36.3 Å². The van der Waals surface area contributed by atoms with Crippen LogP contribution in [0.4, 0.5) is 0 Å². The predicted octanol–water partition coefficient (Wildman–Crippen LogP) is 2.74. The molecule has 132 valence electrons. The van der Waals surface area contributed by atoms with Gasteiger partial charge in [0.1, 0.15) is 0 Å². The van der Waals surface area contributed by atoms with Gasteiger partial charge in [-0.2, -0.15) is 0 Å². The molecule has 0 bridgehead atoms. The van der Waals surface area contributed by atoms with Crippen LogP contribution in [0.5, 0.6) is 0 Å². The van der Waals surface area contributed by atoms with Crippen LogP contribution in [0.2, 0.25) is 0 Å². The summed E-state index contributed by atoms with van der Waals surface area (Å²) in [6.45, 7) is 4.79. The standard InChI is InChI=1S/C20H30N2O2/c1-19-10-8-15-13(14(19)5-6-16(19)21-12-23)4-7-17-20(15,2)11-9-18(24)22(17)3/h9,11-17H,4-8,10H2,1-3H3,(H,21,23)/t13-,14-,15-,16-,17+,19-,20+/m0/s1. The van der Waals surface area contributed by atoms with Gasteiger partial charge in [0, 0.05) is 24.5 Å². The summed E-state index contributed by atoms with van der Waals surface area (Å²) in [5.74, 6) is 2.27. The maximum absolute atomic E-state index is 12.1. The molecule has 4 rings (SSSR count). The second-order valence-electron chi connectivity index (χ2n) is 9.08. The molecule has 4 aliphatic rings. The fourth-order valence-electron chi connectivity index (χ4n) is 7.09. The lowest BCUT2D eigenvalue weighted by Crippen LogP contribution is -2.60. The van der Waals surface area contributed by atoms with Crippen LogP contribution in [0.1, 0.15) is 52.4 Å². The van der Waals surface area contributed by atoms with E-state index in [0.717, 1.165) is 25.2 Å². The van der Waals surface area contributed by atoms with E-state index >= 15 is 0 Å². The van der Waals surface area contributed by atoms with Crippen molar-refractivity contribution < 1.29 is 9.59 Å². The number of hydrogen-bond acceptors (Lipinski definition) is 2. The molecule has 4 heteroatoms. The van der Waals surface area contributed by atoms with Gasteiger partial charge in [0.15, 0.2) is 0 Å². The lowest BCUT2D eigenvalue weighted by molar-refractivity contribution is -0.138. The largest absolute Gasteiger partial charge is 0.355 e. The average molecular weight is 330 g/mol. The number of nitrogens with zero attached hydrogens (tertiary/aromatic N) is 1. The van der Waals surface area contributed by atoms with Crippen LogP contribution in [0.25, 0.3) is 0 Å². The summed E-state index contributed by atoms with van der Waals surface area (Å²) >= 11 is 0. The molecular formula is C20H30N2O2. The third-order valence-electron chi connectivity index (χ3n) is 8.40. The van der Waals surface area contributed by atoms with E-state index in [4.69, 9.17) is 0 Å². The highest BCUT2D eigenvalue weighted by atomic mass is 16.2. The first-order chi connectivity index (χ1) is 11.4. The summed E-state index contributed by atoms with van der Waals surface area (Å²) in [6, 6.07) is 0.698. The molecule has 0 unspecified atom stereocenters. The van der Waals surface area contributed by atoms with Gasteiger partial charge in [-0.3, -0.25) is 9.59 Å². The molecule has 24 heavy (non-hydrogen) atoms. The Hall–Kier alpha value is -1.32. The van der Waals surface area contributed by atoms with Crippen molar-refractivity contribution in [3.8, 4) is 0 Å². The Morgan fingerprint density at radius 2 is 1.96 bits per heavy atom. The first kappa shape index (κ1) is 16.2. The molecule has 0 spiro atoms. The van der Waals surface area contributed by atoms with E-state index in [0.29, 0.717) is 23.9 Å². The van der Waals surface area contributed by atoms with Gasteiger partial charge in [-0.1, -0.05) is 19.9 Å². The predicted molar refractivity (Wildman–Crippen MR) is 93.1 cm³/mol. The SMILES string of the molecule is CN1C(=O)C=C[C@]2(C)[C@H]3CC[C@]4(C)[C@@H](NC=O)CC[C@H]4[C@@H]3CC[C@@H]12. The molecule has 1 N–H and O–H groups in total. The quantitative estimate of drug-likeness (QED) is 0.792. The summed E-state index contributed by atoms with van der Waals surface area (Å²) in [5.41, 5.74) is 0.370. The van der Waals surface area contributed by atoms with Crippen LogP contribution in [-0.2, 0) is 9.59 Å². The number of carbonyl (C=O) groups excluding carboxylic acids is 2. The number of fused-ring (bicyclic) bond motifs is 5. The summed E-state index contributed by atoms with van der Waals surface area (Å²) in [6.07, 6.45) is 12.0. The zero-order valence-corrected chi connectivity index (χ0v) is 15.1. The van der Waals surface area contributed by atoms with Crippen molar-refractivity contribution >= 4 is 12.3 Å². The molecule has 3 fully saturated rings. The molecule has 3 saturated carbocycles. The van der Waals surface area contributed by atoms with E-state index in [1.54, 1.807) is 6.08 Å². The van der Waals surface area contributed by atoms with Crippen LogP contribution in [0.15, 0.2) is 12.2 Å². The maximum Gasteiger partial charge on any atom is 0.246 e. The summed E-state index contributed by atoms with van der Waals surface area (Å²) in [5, 5.41) is 3.11. The minimum atomic E-state index is 0.114. The molecule has 3 aliphatic carbocycles. The Balaban J connectivity index is 1.65. The zero-order valence-electron chi connectivity index (χ0n) is 15.1. The van der Waals surface area contributed by atoms with E-state index in [1.807, 2.05) is 11.9 Å². The van der Waals surface area contributed by atoms with Gasteiger partial charge in [0.25, 0.3) is 0 Å². The fourth-order valence-corrected chi connectivity index (χ4v) is 7.09. The van der Waals surface area contributed by atoms with Crippen molar-refractivity contribution in [2.45, 2.75) is 64.5 Å². The van der Waals surface area contributed by atoms with Crippen molar-refractivity contribution in [1.82, 2.24) is 10.2 Å². The topological polar surface area (TPSA) is 49.4 Å². The van der Waals surface area contributed by atoms with Crippen molar-refractivity contribution in [2.75, 3.05) is 7.05 Å². The lowest BCUT2D eigenvalue weighted by Gasteiger charge is -2.60. The van der Waals surface area contributed by atoms with Gasteiger partial charge in [0.05, 0.1) is 0 Å². The second-order valence-corrected chi connectivity index (χ2v) is 9.08. The number of nitrogens with one attached hydrogen (secondary N) is 1. The number of amides is 2. The van der Waals surface area contributed by atoms with Crippen LogP contribution in [0.3, 0.4) is 0 Å². The van der Waals surface area contributed by atoms with Gasteiger partial charge in [-0.25, -0.2) is 0 Å². The highest BCUT2D eigenvalue weighted by Gasteiger charge is 2.60. The molecule has 0 aromatic heterocycles. The molecular weight excluding hydrogens is 300 g/mol. The third-order valence-corrected chi connectivity index (χ3v) is 8.40. The third kappa shape index (κ3) is 1.98. The average Bonchev–Trinajstić information content (AvgIpc) is 2.89. The first-order valence-corrected chi connectivity index (χ1v) is 9.57. The minimum Gasteiger partial charge on any atom is -0.355 e. The fraction of sp³-hybridized carbons (Fsp3) is 0.800. The van der Waals surface area contributed by atoms with Crippen molar-refractivity contribution in [2.24, 2.45) is 28.6 Å². The van der Waals surface area contributed by atoms with Gasteiger partial charge >= 0.3 is 0 Å². The van der Waals surface area contributed by atoms with Gasteiger partial charge in [-0.05, 0) is 67.8 Å². The Labute approximate surface area is 145 Å². The lowest BCUT2D eigenvalue weighted by atomic mass is 9.48. The molecule has 0 radical (unpaired) electrons. The Morgan fingerprint density at radius 3 is 2.71 bits per heavy atom. The summed E-state index contributed by atoms with van der Waals surface area (Å²) in [4.78, 5) is 25.1. The van der Waals surface area contributed by atoms with Crippen LogP contribution < -0.4 is 5.32 Å². The van der Waals surface area contributed by atoms with Crippen LogP contribution in [0, 0.1) is 28.6 Å². The van der Waals surface area contributed by atoms with Gasteiger partial charge < -0.3 is 10.2 Å². The van der Waals surface area contributed by atoms with Gasteiger partial charge in [0.2, 0.25) is 12.3 Å². The summed E-state index contributed by atoms with van der Waals surface area (Å²) in [7, 11) is 1.97. The molecule has 7 atom stereocenters. The molecule has 1 aliphatic heterocycles. The monoisotopic (exact) mass is 330 g/mol. The minimum absolute atomic E-state index is 0.114. The molecule has 1 heterocycles. The molecule has 2 amide bonds. The number of hydrogen-bond donors (Lipinski definition) is 1. The van der Waals surface area contributed by atoms with Crippen molar-refractivity contribution in [3.05, 3.63) is 12.2 Å². The Bertz CT molecular complexity index is 588. The molecule has 4 nitrogen and oxygen atoms in total. The highest BCUT2D eigenvalue weighted by molar-refractivity contribution is 5.89. The Kier molecular flexibility index (Phi) is 3.59. The van der Waals surface area contributed by atoms with Crippen molar-refractivity contribution in [1.29, 1.82) is 0 Å². The smallest absolute Gasteiger partial charge is 0.246 e. The number of likely N-dealkylation sites (N-methyl/N-ethyl adjacent to an activating group) is 1. The number of rotatable bonds is 2. The van der Waals surface area contributed by atoms with E-state index in [9.17, 15) is 9.59 Å². The van der Waals surface area contributed by atoms with E-state index in [1.165, 1.54) is 25.7 Å². The summed E-state index contributed by atoms with van der Waals surface area (Å²) < 4.78 is 0. The van der Waals surface area contributed by atoms with Gasteiger partial charge in [-0.15, -0.1) is 0 Å². The first-order valence-electron chi connectivity index (χ1n) is 9.57. The maximum atomic E-state index is 12.1. The number of carbonyl (C=O) groups is 2.